The maximum atomic E-state index is 5.33. The minimum absolute atomic E-state index is 0.0370. The van der Waals surface area contributed by atoms with Crippen molar-refractivity contribution in [3.05, 3.63) is 0 Å². The smallest absolute Gasteiger partial charge is 0.133 e. The van der Waals surface area contributed by atoms with Gasteiger partial charge in [-0.15, -0.1) is 0 Å². The van der Waals surface area contributed by atoms with Crippen molar-refractivity contribution in [2.75, 3.05) is 6.61 Å². The number of ether oxygens (including phenoxy) is 1. The lowest BCUT2D eigenvalue weighted by atomic mass is 10.4. The van der Waals surface area contributed by atoms with Crippen LogP contribution in [0.5, 0.6) is 0 Å². The first-order chi connectivity index (χ1) is 2.39. The number of rotatable bonds is 0. The molecule has 1 rings (SSSR count). The van der Waals surface area contributed by atoms with E-state index in [1.165, 1.54) is 0 Å². The third-order valence-electron chi connectivity index (χ3n) is 0.644. The lowest BCUT2D eigenvalue weighted by Crippen LogP contribution is -2.19. The molecule has 0 aromatic heterocycles. The highest BCUT2D eigenvalue weighted by molar-refractivity contribution is 6.20. The maximum Gasteiger partial charge on any atom is 0.133 e. The molecule has 5 heavy (non-hydrogen) atoms. The van der Waals surface area contributed by atoms with E-state index in [4.69, 9.17) is 16.3 Å². The van der Waals surface area contributed by atoms with Gasteiger partial charge in [0, 0.05) is 6.42 Å². The van der Waals surface area contributed by atoms with Crippen molar-refractivity contribution in [2.45, 2.75) is 12.0 Å². The Balaban J connectivity index is 2.08. The van der Waals surface area contributed by atoms with Crippen LogP contribution in [0.1, 0.15) is 6.42 Å². The summed E-state index contributed by atoms with van der Waals surface area (Å²) in [6, 6.07) is 0. The molecule has 0 aromatic carbocycles. The topological polar surface area (TPSA) is 9.23 Å². The molecule has 0 unspecified atom stereocenters. The van der Waals surface area contributed by atoms with Gasteiger partial charge in [-0.05, 0) is 0 Å². The average molecular weight is 92.5 g/mol. The Morgan fingerprint density at radius 2 is 2.20 bits per heavy atom. The van der Waals surface area contributed by atoms with Gasteiger partial charge in [0.25, 0.3) is 0 Å². The van der Waals surface area contributed by atoms with Crippen LogP contribution in [0, 0.1) is 0 Å². The molecule has 0 aromatic rings. The van der Waals surface area contributed by atoms with Crippen LogP contribution < -0.4 is 0 Å². The van der Waals surface area contributed by atoms with E-state index in [2.05, 4.69) is 0 Å². The number of hydrogen-bond donors (Lipinski definition) is 0. The molecule has 1 aliphatic heterocycles. The summed E-state index contributed by atoms with van der Waals surface area (Å²) in [5.74, 6) is 0. The highest BCUT2D eigenvalue weighted by Gasteiger charge is 2.12. The van der Waals surface area contributed by atoms with Crippen LogP contribution >= 0.6 is 11.6 Å². The molecule has 0 spiro atoms. The fourth-order valence-electron chi connectivity index (χ4n) is 0.207. The normalized spacial score (nSPS) is 36.6. The van der Waals surface area contributed by atoms with Crippen molar-refractivity contribution in [2.24, 2.45) is 0 Å². The number of hydrogen-bond acceptors (Lipinski definition) is 1. The van der Waals surface area contributed by atoms with Crippen molar-refractivity contribution in [1.29, 1.82) is 0 Å². The van der Waals surface area contributed by atoms with Gasteiger partial charge in [-0.1, -0.05) is 11.6 Å². The number of halogens is 1. The van der Waals surface area contributed by atoms with Crippen LogP contribution in [-0.4, -0.2) is 12.2 Å². The van der Waals surface area contributed by atoms with Crippen LogP contribution in [0.3, 0.4) is 0 Å². The van der Waals surface area contributed by atoms with Gasteiger partial charge in [0.1, 0.15) is 5.56 Å². The molecule has 0 bridgehead atoms. The summed E-state index contributed by atoms with van der Waals surface area (Å²) in [4.78, 5) is 0. The lowest BCUT2D eigenvalue weighted by molar-refractivity contribution is 0.00443. The van der Waals surface area contributed by atoms with E-state index >= 15 is 0 Å². The van der Waals surface area contributed by atoms with E-state index in [-0.39, 0.29) is 5.56 Å². The first kappa shape index (κ1) is 3.44. The monoisotopic (exact) mass is 92.0 g/mol. The minimum atomic E-state index is 0.0370. The van der Waals surface area contributed by atoms with Crippen LogP contribution in [0.2, 0.25) is 0 Å². The van der Waals surface area contributed by atoms with E-state index in [0.717, 1.165) is 13.0 Å². The molecular weight excluding hydrogens is 87.5 g/mol. The van der Waals surface area contributed by atoms with E-state index in [9.17, 15) is 0 Å². The quantitative estimate of drug-likeness (QED) is 0.405. The Bertz CT molecular complexity index is 33.9. The molecule has 1 aliphatic rings. The molecule has 1 saturated heterocycles. The minimum Gasteiger partial charge on any atom is -0.362 e. The van der Waals surface area contributed by atoms with Crippen LogP contribution in [0.4, 0.5) is 0 Å². The summed E-state index contributed by atoms with van der Waals surface area (Å²) < 4.78 is 4.70. The zero-order valence-corrected chi connectivity index (χ0v) is 3.53. The second-order valence-corrected chi connectivity index (χ2v) is 1.56. The van der Waals surface area contributed by atoms with E-state index in [1.807, 2.05) is 0 Å². The molecule has 1 atom stereocenters. The van der Waals surface area contributed by atoms with Crippen molar-refractivity contribution in [3.8, 4) is 0 Å². The molecule has 0 saturated carbocycles. The highest BCUT2D eigenvalue weighted by Crippen LogP contribution is 2.13. The van der Waals surface area contributed by atoms with Gasteiger partial charge in [0.2, 0.25) is 0 Å². The number of alkyl halides is 1. The van der Waals surface area contributed by atoms with Gasteiger partial charge in [-0.3, -0.25) is 0 Å². The highest BCUT2D eigenvalue weighted by atomic mass is 35.5. The molecule has 0 radical (unpaired) electrons. The molecule has 1 fully saturated rings. The van der Waals surface area contributed by atoms with Gasteiger partial charge in [0.15, 0.2) is 0 Å². The molecule has 2 heteroatoms. The van der Waals surface area contributed by atoms with E-state index < -0.39 is 0 Å². The summed E-state index contributed by atoms with van der Waals surface area (Å²) in [6.45, 7) is 0.855. The van der Waals surface area contributed by atoms with E-state index in [0.29, 0.717) is 0 Å². The molecule has 0 aliphatic carbocycles. The van der Waals surface area contributed by atoms with Gasteiger partial charge < -0.3 is 4.74 Å². The fraction of sp³-hybridized carbons (Fsp3) is 1.00. The lowest BCUT2D eigenvalue weighted by Gasteiger charge is -2.18. The van der Waals surface area contributed by atoms with Gasteiger partial charge in [-0.2, -0.15) is 0 Å². The Hall–Kier alpha value is 0.250. The predicted molar refractivity (Wildman–Crippen MR) is 20.2 cm³/mol. The Morgan fingerprint density at radius 1 is 1.80 bits per heavy atom. The zero-order valence-electron chi connectivity index (χ0n) is 2.78. The standard InChI is InChI=1S/C3H5ClO/c4-3-1-2-5-3/h3H,1-2H2/t3-/m1/s1. The first-order valence-corrected chi connectivity index (χ1v) is 2.09. The molecule has 0 amide bonds. The van der Waals surface area contributed by atoms with Crippen molar-refractivity contribution in [3.63, 3.8) is 0 Å². The third kappa shape index (κ3) is 0.551. The van der Waals surface area contributed by atoms with Crippen molar-refractivity contribution >= 4 is 11.6 Å². The summed E-state index contributed by atoms with van der Waals surface area (Å²) in [5, 5.41) is 0. The Kier molecular flexibility index (Phi) is 0.791. The Morgan fingerprint density at radius 3 is 2.20 bits per heavy atom. The second kappa shape index (κ2) is 1.15. The maximum absolute atomic E-state index is 5.33. The van der Waals surface area contributed by atoms with Gasteiger partial charge >= 0.3 is 0 Å². The zero-order chi connectivity index (χ0) is 3.70. The first-order valence-electron chi connectivity index (χ1n) is 1.65. The molecule has 1 heterocycles. The van der Waals surface area contributed by atoms with Crippen molar-refractivity contribution < 1.29 is 4.74 Å². The van der Waals surface area contributed by atoms with Crippen LogP contribution in [0.15, 0.2) is 0 Å². The molecule has 30 valence electrons. The van der Waals surface area contributed by atoms with Crippen LogP contribution in [-0.2, 0) is 4.74 Å². The van der Waals surface area contributed by atoms with Gasteiger partial charge in [-0.25, -0.2) is 0 Å². The fourth-order valence-corrected chi connectivity index (χ4v) is 0.385. The second-order valence-electron chi connectivity index (χ2n) is 1.07. The summed E-state index contributed by atoms with van der Waals surface area (Å²) in [7, 11) is 0. The van der Waals surface area contributed by atoms with Crippen molar-refractivity contribution in [1.82, 2.24) is 0 Å². The predicted octanol–water partition coefficient (Wildman–Crippen LogP) is 0.972. The molecular formula is C3H5ClO. The third-order valence-corrected chi connectivity index (χ3v) is 0.988. The summed E-state index contributed by atoms with van der Waals surface area (Å²) in [5.41, 5.74) is 0.0370. The summed E-state index contributed by atoms with van der Waals surface area (Å²) >= 11 is 5.33. The van der Waals surface area contributed by atoms with Crippen LogP contribution in [0.25, 0.3) is 0 Å². The Labute approximate surface area is 35.9 Å². The largest absolute Gasteiger partial charge is 0.362 e. The SMILES string of the molecule is Cl[C@H]1CCO1. The van der Waals surface area contributed by atoms with Gasteiger partial charge in [0.05, 0.1) is 6.61 Å². The molecule has 1 nitrogen and oxygen atoms in total. The average Bonchev–Trinajstić information content (AvgIpc) is 1.30. The summed E-state index contributed by atoms with van der Waals surface area (Å²) in [6.07, 6.45) is 1.03. The molecule has 0 N–H and O–H groups in total. The van der Waals surface area contributed by atoms with E-state index in [1.54, 1.807) is 0 Å².